The van der Waals surface area contributed by atoms with Gasteiger partial charge in [0.25, 0.3) is 0 Å². The normalized spacial score (nSPS) is 17.6. The van der Waals surface area contributed by atoms with Gasteiger partial charge in [-0.1, -0.05) is 50.1 Å². The Morgan fingerprint density at radius 2 is 1.93 bits per heavy atom. The van der Waals surface area contributed by atoms with E-state index in [1.165, 1.54) is 44.6 Å². The van der Waals surface area contributed by atoms with E-state index < -0.39 is 5.97 Å². The van der Waals surface area contributed by atoms with Crippen molar-refractivity contribution in [3.8, 4) is 11.7 Å². The van der Waals surface area contributed by atoms with Crippen LogP contribution >= 0.6 is 11.6 Å². The lowest BCUT2D eigenvalue weighted by atomic mass is 9.63. The van der Waals surface area contributed by atoms with Crippen LogP contribution in [0.2, 0.25) is 5.15 Å². The average molecular weight is 390 g/mol. The molecule has 0 saturated heterocycles. The molecule has 2 fully saturated rings. The maximum atomic E-state index is 11.0. The summed E-state index contributed by atoms with van der Waals surface area (Å²) in [5, 5.41) is 13.4. The Labute approximate surface area is 163 Å². The molecular weight excluding hydrogens is 366 g/mol. The van der Waals surface area contributed by atoms with Gasteiger partial charge in [0.15, 0.2) is 5.82 Å². The minimum absolute atomic E-state index is 0.0259. The van der Waals surface area contributed by atoms with Crippen LogP contribution in [0.15, 0.2) is 24.4 Å². The van der Waals surface area contributed by atoms with Gasteiger partial charge < -0.3 is 9.84 Å². The van der Waals surface area contributed by atoms with Gasteiger partial charge in [-0.05, 0) is 36.3 Å². The molecule has 1 N–H and O–H groups in total. The largest absolute Gasteiger partial charge is 0.478 e. The number of halogens is 1. The van der Waals surface area contributed by atoms with Gasteiger partial charge in [0, 0.05) is 12.3 Å². The average Bonchev–Trinajstić information content (AvgIpc) is 3.00. The first kappa shape index (κ1) is 18.3. The molecule has 27 heavy (non-hydrogen) atoms. The lowest BCUT2D eigenvalue weighted by Gasteiger charge is -2.42. The van der Waals surface area contributed by atoms with Crippen LogP contribution in [0, 0.1) is 17.8 Å². The van der Waals surface area contributed by atoms with Gasteiger partial charge in [-0.15, -0.1) is 5.10 Å². The van der Waals surface area contributed by atoms with E-state index in [0.29, 0.717) is 18.3 Å². The Morgan fingerprint density at radius 1 is 1.22 bits per heavy atom. The third-order valence-corrected chi connectivity index (χ3v) is 6.36. The molecule has 2 aromatic heterocycles. The number of hydrogen-bond acceptors (Lipinski definition) is 4. The highest BCUT2D eigenvalue weighted by Gasteiger charge is 2.35. The Bertz CT molecular complexity index is 801. The summed E-state index contributed by atoms with van der Waals surface area (Å²) in [7, 11) is 0. The van der Waals surface area contributed by atoms with Crippen LogP contribution in [-0.2, 0) is 0 Å². The lowest BCUT2D eigenvalue weighted by molar-refractivity contribution is 0.0696. The third-order valence-electron chi connectivity index (χ3n) is 6.08. The summed E-state index contributed by atoms with van der Waals surface area (Å²) in [6.45, 7) is 0.681. The standard InChI is InChI=1S/C20H24ClN3O3/c21-19-16(20(25)26)7-8-17(22-19)24-11-9-18(23-24)27-12-10-15(13-3-1-4-13)14-5-2-6-14/h7-9,11,13-15H,1-6,10,12H2,(H,25,26). The molecule has 0 unspecified atom stereocenters. The topological polar surface area (TPSA) is 77.2 Å². The van der Waals surface area contributed by atoms with Crippen LogP contribution in [0.4, 0.5) is 0 Å². The number of nitrogens with zero attached hydrogens (tertiary/aromatic N) is 3. The van der Waals surface area contributed by atoms with E-state index in [1.807, 2.05) is 0 Å². The Morgan fingerprint density at radius 3 is 2.48 bits per heavy atom. The van der Waals surface area contributed by atoms with Gasteiger partial charge in [0.05, 0.1) is 12.2 Å². The van der Waals surface area contributed by atoms with E-state index in [1.54, 1.807) is 23.0 Å². The quantitative estimate of drug-likeness (QED) is 0.667. The second-order valence-electron chi connectivity index (χ2n) is 7.59. The number of rotatable bonds is 8. The first-order valence-electron chi connectivity index (χ1n) is 9.70. The smallest absolute Gasteiger partial charge is 0.338 e. The maximum Gasteiger partial charge on any atom is 0.338 e. The van der Waals surface area contributed by atoms with Crippen LogP contribution in [0.3, 0.4) is 0 Å². The van der Waals surface area contributed by atoms with E-state index >= 15 is 0 Å². The number of pyridine rings is 1. The van der Waals surface area contributed by atoms with Crippen molar-refractivity contribution in [2.24, 2.45) is 17.8 Å². The van der Waals surface area contributed by atoms with Crippen molar-refractivity contribution in [2.45, 2.75) is 44.9 Å². The highest BCUT2D eigenvalue weighted by molar-refractivity contribution is 6.32. The number of ether oxygens (including phenoxy) is 1. The van der Waals surface area contributed by atoms with Gasteiger partial charge in [-0.2, -0.15) is 0 Å². The van der Waals surface area contributed by atoms with Gasteiger partial charge in [-0.3, -0.25) is 0 Å². The first-order valence-corrected chi connectivity index (χ1v) is 10.1. The van der Waals surface area contributed by atoms with Crippen molar-refractivity contribution in [3.05, 3.63) is 35.1 Å². The highest BCUT2D eigenvalue weighted by Crippen LogP contribution is 2.45. The molecule has 0 spiro atoms. The summed E-state index contributed by atoms with van der Waals surface area (Å²) >= 11 is 5.93. The minimum atomic E-state index is -1.10. The fraction of sp³-hybridized carbons (Fsp3) is 0.550. The number of hydrogen-bond donors (Lipinski definition) is 1. The summed E-state index contributed by atoms with van der Waals surface area (Å²) < 4.78 is 7.43. The van der Waals surface area contributed by atoms with E-state index in [0.717, 1.165) is 24.2 Å². The number of carbonyl (C=O) groups is 1. The monoisotopic (exact) mass is 389 g/mol. The summed E-state index contributed by atoms with van der Waals surface area (Å²) in [4.78, 5) is 15.1. The van der Waals surface area contributed by atoms with Crippen molar-refractivity contribution >= 4 is 17.6 Å². The van der Waals surface area contributed by atoms with E-state index in [9.17, 15) is 4.79 Å². The molecule has 2 aliphatic carbocycles. The van der Waals surface area contributed by atoms with Gasteiger partial charge in [-0.25, -0.2) is 14.5 Å². The van der Waals surface area contributed by atoms with Crippen LogP contribution in [0.5, 0.6) is 5.88 Å². The van der Waals surface area contributed by atoms with Crippen molar-refractivity contribution in [2.75, 3.05) is 6.61 Å². The molecule has 7 heteroatoms. The fourth-order valence-electron chi connectivity index (χ4n) is 4.12. The molecule has 0 aliphatic heterocycles. The number of carboxylic acids is 1. The molecule has 0 radical (unpaired) electrons. The molecule has 2 aromatic rings. The Hall–Kier alpha value is -2.08. The first-order chi connectivity index (χ1) is 13.1. The minimum Gasteiger partial charge on any atom is -0.478 e. The molecule has 0 bridgehead atoms. The molecule has 2 aliphatic rings. The van der Waals surface area contributed by atoms with Gasteiger partial charge >= 0.3 is 5.97 Å². The molecule has 6 nitrogen and oxygen atoms in total. The summed E-state index contributed by atoms with van der Waals surface area (Å²) in [5.41, 5.74) is -0.0259. The van der Waals surface area contributed by atoms with Crippen molar-refractivity contribution in [1.82, 2.24) is 14.8 Å². The second kappa shape index (κ2) is 7.89. The molecule has 0 aromatic carbocycles. The molecule has 0 amide bonds. The predicted molar refractivity (Wildman–Crippen MR) is 102 cm³/mol. The second-order valence-corrected chi connectivity index (χ2v) is 7.95. The molecule has 2 saturated carbocycles. The molecule has 2 heterocycles. The SMILES string of the molecule is O=C(O)c1ccc(-n2ccc(OCCC(C3CCC3)C3CCC3)n2)nc1Cl. The molecule has 4 rings (SSSR count). The van der Waals surface area contributed by atoms with Crippen molar-refractivity contribution < 1.29 is 14.6 Å². The van der Waals surface area contributed by atoms with Crippen molar-refractivity contribution in [3.63, 3.8) is 0 Å². The highest BCUT2D eigenvalue weighted by atomic mass is 35.5. The van der Waals surface area contributed by atoms with Gasteiger partial charge in [0.1, 0.15) is 5.15 Å². The van der Waals surface area contributed by atoms with Gasteiger partial charge in [0.2, 0.25) is 5.88 Å². The fourth-order valence-corrected chi connectivity index (χ4v) is 4.35. The lowest BCUT2D eigenvalue weighted by Crippen LogP contribution is -2.33. The zero-order chi connectivity index (χ0) is 18.8. The summed E-state index contributed by atoms with van der Waals surface area (Å²) in [6.07, 6.45) is 11.1. The van der Waals surface area contributed by atoms with Crippen LogP contribution < -0.4 is 4.74 Å². The van der Waals surface area contributed by atoms with E-state index in [-0.39, 0.29) is 10.7 Å². The van der Waals surface area contributed by atoms with E-state index in [2.05, 4.69) is 10.1 Å². The number of aromatic nitrogens is 3. The zero-order valence-corrected chi connectivity index (χ0v) is 15.9. The van der Waals surface area contributed by atoms with E-state index in [4.69, 9.17) is 21.4 Å². The molecular formula is C20H24ClN3O3. The maximum absolute atomic E-state index is 11.0. The summed E-state index contributed by atoms with van der Waals surface area (Å²) in [6, 6.07) is 4.80. The molecule has 0 atom stereocenters. The molecule has 144 valence electrons. The number of carboxylic acid groups (broad SMARTS) is 1. The van der Waals surface area contributed by atoms with Crippen LogP contribution in [-0.4, -0.2) is 32.4 Å². The van der Waals surface area contributed by atoms with Crippen LogP contribution in [0.1, 0.15) is 55.3 Å². The number of aromatic carboxylic acids is 1. The predicted octanol–water partition coefficient (Wildman–Crippen LogP) is 4.60. The third kappa shape index (κ3) is 3.95. The zero-order valence-electron chi connectivity index (χ0n) is 15.2. The van der Waals surface area contributed by atoms with Crippen LogP contribution in [0.25, 0.3) is 5.82 Å². The Kier molecular flexibility index (Phi) is 5.34. The van der Waals surface area contributed by atoms with Crippen molar-refractivity contribution in [1.29, 1.82) is 0 Å². The Balaban J connectivity index is 1.35. The summed E-state index contributed by atoms with van der Waals surface area (Å²) in [5.74, 6) is 2.51.